The molecular weight excluding hydrogens is 249 g/mol. The number of hydrogen-bond acceptors (Lipinski definition) is 2. The molecule has 0 aliphatic rings. The van der Waals surface area contributed by atoms with Gasteiger partial charge in [0.15, 0.2) is 5.96 Å². The largest absolute Gasteiger partial charge is 0.370 e. The first-order valence-electron chi connectivity index (χ1n) is 5.54. The SMILES string of the molecule is C=C(C)CNC(N)=NCc1c(F)cccc1SC. The van der Waals surface area contributed by atoms with Crippen LogP contribution in [0, 0.1) is 5.82 Å². The van der Waals surface area contributed by atoms with Crippen LogP contribution in [0.4, 0.5) is 4.39 Å². The van der Waals surface area contributed by atoms with Crippen LogP contribution in [0.3, 0.4) is 0 Å². The molecular formula is C13H18FN3S. The zero-order valence-corrected chi connectivity index (χ0v) is 11.5. The molecule has 0 bridgehead atoms. The average molecular weight is 267 g/mol. The lowest BCUT2D eigenvalue weighted by atomic mass is 10.2. The van der Waals surface area contributed by atoms with Crippen LogP contribution in [-0.4, -0.2) is 18.8 Å². The first kappa shape index (κ1) is 14.6. The third-order valence-electron chi connectivity index (χ3n) is 2.27. The Balaban J connectivity index is 2.73. The number of rotatable bonds is 5. The number of nitrogens with one attached hydrogen (secondary N) is 1. The maximum absolute atomic E-state index is 13.6. The third kappa shape index (κ3) is 4.41. The smallest absolute Gasteiger partial charge is 0.189 e. The highest BCUT2D eigenvalue weighted by Gasteiger charge is 2.06. The van der Waals surface area contributed by atoms with E-state index in [9.17, 15) is 4.39 Å². The van der Waals surface area contributed by atoms with Crippen LogP contribution in [0.25, 0.3) is 0 Å². The van der Waals surface area contributed by atoms with Gasteiger partial charge in [0.05, 0.1) is 6.54 Å². The highest BCUT2D eigenvalue weighted by Crippen LogP contribution is 2.23. The van der Waals surface area contributed by atoms with Crippen LogP contribution >= 0.6 is 11.8 Å². The van der Waals surface area contributed by atoms with Crippen molar-refractivity contribution < 1.29 is 4.39 Å². The molecule has 0 saturated heterocycles. The van der Waals surface area contributed by atoms with E-state index in [-0.39, 0.29) is 12.4 Å². The predicted molar refractivity (Wildman–Crippen MR) is 76.3 cm³/mol. The van der Waals surface area contributed by atoms with Gasteiger partial charge in [0.1, 0.15) is 5.82 Å². The van der Waals surface area contributed by atoms with Gasteiger partial charge in [0.2, 0.25) is 0 Å². The second-order valence-corrected chi connectivity index (χ2v) is 4.78. The molecule has 0 aliphatic carbocycles. The molecule has 1 aromatic rings. The molecule has 18 heavy (non-hydrogen) atoms. The summed E-state index contributed by atoms with van der Waals surface area (Å²) in [6.45, 7) is 6.45. The van der Waals surface area contributed by atoms with Crippen molar-refractivity contribution in [3.8, 4) is 0 Å². The lowest BCUT2D eigenvalue weighted by molar-refractivity contribution is 0.604. The van der Waals surface area contributed by atoms with Crippen molar-refractivity contribution in [2.45, 2.75) is 18.4 Å². The van der Waals surface area contributed by atoms with E-state index in [0.717, 1.165) is 10.5 Å². The zero-order valence-electron chi connectivity index (χ0n) is 10.7. The van der Waals surface area contributed by atoms with Crippen molar-refractivity contribution in [1.82, 2.24) is 5.32 Å². The Morgan fingerprint density at radius 2 is 2.28 bits per heavy atom. The van der Waals surface area contributed by atoms with Crippen molar-refractivity contribution in [3.05, 3.63) is 41.7 Å². The molecule has 0 aliphatic heterocycles. The van der Waals surface area contributed by atoms with Gasteiger partial charge in [-0.3, -0.25) is 0 Å². The van der Waals surface area contributed by atoms with E-state index in [0.29, 0.717) is 18.1 Å². The van der Waals surface area contributed by atoms with Crippen molar-refractivity contribution in [3.63, 3.8) is 0 Å². The number of nitrogens with two attached hydrogens (primary N) is 1. The fourth-order valence-electron chi connectivity index (χ4n) is 1.35. The number of nitrogens with zero attached hydrogens (tertiary/aromatic N) is 1. The van der Waals surface area contributed by atoms with Crippen molar-refractivity contribution in [2.75, 3.05) is 12.8 Å². The van der Waals surface area contributed by atoms with Gasteiger partial charge in [-0.15, -0.1) is 11.8 Å². The normalized spacial score (nSPS) is 11.4. The third-order valence-corrected chi connectivity index (χ3v) is 3.10. The molecule has 0 fully saturated rings. The highest BCUT2D eigenvalue weighted by molar-refractivity contribution is 7.98. The van der Waals surface area contributed by atoms with E-state index in [1.807, 2.05) is 19.2 Å². The lowest BCUT2D eigenvalue weighted by Gasteiger charge is -2.08. The summed E-state index contributed by atoms with van der Waals surface area (Å²) in [5, 5.41) is 2.91. The maximum Gasteiger partial charge on any atom is 0.189 e. The molecule has 3 nitrogen and oxygen atoms in total. The summed E-state index contributed by atoms with van der Waals surface area (Å²) in [6.07, 6.45) is 1.91. The van der Waals surface area contributed by atoms with Gasteiger partial charge in [-0.05, 0) is 25.3 Å². The molecule has 0 unspecified atom stereocenters. The summed E-state index contributed by atoms with van der Waals surface area (Å²) in [5.74, 6) is 0.0478. The van der Waals surface area contributed by atoms with Gasteiger partial charge in [0.25, 0.3) is 0 Å². The number of benzene rings is 1. The molecule has 1 aromatic carbocycles. The number of halogens is 1. The predicted octanol–water partition coefficient (Wildman–Crippen LogP) is 2.53. The quantitative estimate of drug-likeness (QED) is 0.373. The molecule has 0 heterocycles. The minimum absolute atomic E-state index is 0.234. The van der Waals surface area contributed by atoms with Crippen molar-refractivity contribution in [2.24, 2.45) is 10.7 Å². The van der Waals surface area contributed by atoms with E-state index in [2.05, 4.69) is 16.9 Å². The Morgan fingerprint density at radius 1 is 1.56 bits per heavy atom. The van der Waals surface area contributed by atoms with Gasteiger partial charge >= 0.3 is 0 Å². The molecule has 98 valence electrons. The number of guanidine groups is 1. The molecule has 0 atom stereocenters. The van der Waals surface area contributed by atoms with Crippen LogP contribution in [-0.2, 0) is 6.54 Å². The van der Waals surface area contributed by atoms with Crippen molar-refractivity contribution >= 4 is 17.7 Å². The Kier molecular flexibility index (Phi) is 5.71. The summed E-state index contributed by atoms with van der Waals surface area (Å²) in [6, 6.07) is 5.00. The van der Waals surface area contributed by atoms with Crippen LogP contribution < -0.4 is 11.1 Å². The number of thioether (sulfide) groups is 1. The topological polar surface area (TPSA) is 50.4 Å². The molecule has 0 radical (unpaired) electrons. The molecule has 0 saturated carbocycles. The highest BCUT2D eigenvalue weighted by atomic mass is 32.2. The number of aliphatic imine (C=N–C) groups is 1. The summed E-state index contributed by atoms with van der Waals surface area (Å²) in [7, 11) is 0. The number of hydrogen-bond donors (Lipinski definition) is 2. The Morgan fingerprint density at radius 3 is 2.89 bits per heavy atom. The fraction of sp³-hybridized carbons (Fsp3) is 0.308. The minimum Gasteiger partial charge on any atom is -0.370 e. The lowest BCUT2D eigenvalue weighted by Crippen LogP contribution is -2.32. The summed E-state index contributed by atoms with van der Waals surface area (Å²) in [5.41, 5.74) is 7.22. The zero-order chi connectivity index (χ0) is 13.5. The second kappa shape index (κ2) is 7.06. The standard InChI is InChI=1S/C13H18FN3S/c1-9(2)7-16-13(15)17-8-10-11(14)5-4-6-12(10)18-3/h4-6H,1,7-8H2,2-3H3,(H3,15,16,17). The molecule has 0 aromatic heterocycles. The van der Waals surface area contributed by atoms with Gasteiger partial charge in [-0.1, -0.05) is 18.2 Å². The second-order valence-electron chi connectivity index (χ2n) is 3.93. The van der Waals surface area contributed by atoms with Crippen molar-refractivity contribution in [1.29, 1.82) is 0 Å². The van der Waals surface area contributed by atoms with E-state index in [1.165, 1.54) is 17.8 Å². The van der Waals surface area contributed by atoms with E-state index >= 15 is 0 Å². The van der Waals surface area contributed by atoms with Gasteiger partial charge < -0.3 is 11.1 Å². The van der Waals surface area contributed by atoms with Gasteiger partial charge in [-0.25, -0.2) is 9.38 Å². The fourth-order valence-corrected chi connectivity index (χ4v) is 1.97. The van der Waals surface area contributed by atoms with E-state index < -0.39 is 0 Å². The Labute approximate surface area is 111 Å². The van der Waals surface area contributed by atoms with Crippen LogP contribution in [0.1, 0.15) is 12.5 Å². The molecule has 3 N–H and O–H groups in total. The monoisotopic (exact) mass is 267 g/mol. The first-order chi connectivity index (χ1) is 8.54. The van der Waals surface area contributed by atoms with Gasteiger partial charge in [-0.2, -0.15) is 0 Å². The first-order valence-corrected chi connectivity index (χ1v) is 6.76. The summed E-state index contributed by atoms with van der Waals surface area (Å²) in [4.78, 5) is 5.01. The van der Waals surface area contributed by atoms with Gasteiger partial charge in [0, 0.05) is 17.0 Å². The summed E-state index contributed by atoms with van der Waals surface area (Å²) >= 11 is 1.49. The Hall–Kier alpha value is -1.49. The van der Waals surface area contributed by atoms with E-state index in [4.69, 9.17) is 5.73 Å². The molecule has 0 spiro atoms. The average Bonchev–Trinajstić information content (AvgIpc) is 2.34. The molecule has 5 heteroatoms. The molecule has 0 amide bonds. The minimum atomic E-state index is -0.252. The van der Waals surface area contributed by atoms with Crippen LogP contribution in [0.5, 0.6) is 0 Å². The summed E-state index contributed by atoms with van der Waals surface area (Å²) < 4.78 is 13.6. The Bertz CT molecular complexity index is 458. The van der Waals surface area contributed by atoms with E-state index in [1.54, 1.807) is 6.07 Å². The van der Waals surface area contributed by atoms with Crippen LogP contribution in [0.15, 0.2) is 40.2 Å². The molecule has 1 rings (SSSR count). The maximum atomic E-state index is 13.6. The van der Waals surface area contributed by atoms with Crippen LogP contribution in [0.2, 0.25) is 0 Å².